The molecule has 0 radical (unpaired) electrons. The summed E-state index contributed by atoms with van der Waals surface area (Å²) in [5.41, 5.74) is 2.64. The molecule has 0 spiro atoms. The minimum Gasteiger partial charge on any atom is -0.192 e. The number of allylic oxidation sites excluding steroid dienone is 1. The summed E-state index contributed by atoms with van der Waals surface area (Å²) in [6, 6.07) is 18.4. The number of nitriles is 2. The molecule has 0 aliphatic carbocycles. The Hall–Kier alpha value is -2.55. The molecule has 0 saturated heterocycles. The van der Waals surface area contributed by atoms with Gasteiger partial charge in [-0.3, -0.25) is 0 Å². The van der Waals surface area contributed by atoms with Crippen LogP contribution in [-0.2, 0) is 0 Å². The van der Waals surface area contributed by atoms with Gasteiger partial charge in [0, 0.05) is 5.02 Å². The number of nitrogens with zero attached hydrogens (tertiary/aromatic N) is 2. The van der Waals surface area contributed by atoms with Gasteiger partial charge in [-0.05, 0) is 35.4 Å². The van der Waals surface area contributed by atoms with Crippen LogP contribution in [0.15, 0.2) is 48.5 Å². The number of hydrogen-bond acceptors (Lipinski definition) is 2. The third-order valence-corrected chi connectivity index (χ3v) is 2.99. The second kappa shape index (κ2) is 5.87. The summed E-state index contributed by atoms with van der Waals surface area (Å²) in [6.45, 7) is 0. The lowest BCUT2D eigenvalue weighted by Crippen LogP contribution is -1.83. The van der Waals surface area contributed by atoms with Crippen molar-refractivity contribution in [2.24, 2.45) is 0 Å². The van der Waals surface area contributed by atoms with E-state index in [0.29, 0.717) is 16.2 Å². The van der Waals surface area contributed by atoms with Crippen LogP contribution >= 0.6 is 11.6 Å². The highest BCUT2D eigenvalue weighted by molar-refractivity contribution is 6.32. The van der Waals surface area contributed by atoms with Gasteiger partial charge in [-0.25, -0.2) is 0 Å². The zero-order chi connectivity index (χ0) is 13.7. The van der Waals surface area contributed by atoms with Gasteiger partial charge in [-0.15, -0.1) is 0 Å². The number of benzene rings is 2. The van der Waals surface area contributed by atoms with Crippen molar-refractivity contribution in [1.82, 2.24) is 0 Å². The first-order chi connectivity index (χ1) is 9.24. The third-order valence-electron chi connectivity index (χ3n) is 2.65. The number of halogens is 1. The standard InChI is InChI=1S/C16H9ClN2/c17-16-4-2-1-3-14(16)9-15(11-19)13-7-5-12(10-18)6-8-13/h1-9H. The van der Waals surface area contributed by atoms with E-state index < -0.39 is 0 Å². The van der Waals surface area contributed by atoms with Crippen molar-refractivity contribution in [3.63, 3.8) is 0 Å². The maximum Gasteiger partial charge on any atom is 0.0998 e. The zero-order valence-corrected chi connectivity index (χ0v) is 10.7. The lowest BCUT2D eigenvalue weighted by Gasteiger charge is -2.01. The topological polar surface area (TPSA) is 47.6 Å². The van der Waals surface area contributed by atoms with E-state index >= 15 is 0 Å². The second-order valence-electron chi connectivity index (χ2n) is 3.88. The van der Waals surface area contributed by atoms with Crippen molar-refractivity contribution in [1.29, 1.82) is 10.5 Å². The molecular weight excluding hydrogens is 256 g/mol. The first kappa shape index (κ1) is 12.9. The smallest absolute Gasteiger partial charge is 0.0998 e. The molecule has 0 bridgehead atoms. The van der Waals surface area contributed by atoms with Crippen LogP contribution in [0.2, 0.25) is 5.02 Å². The third kappa shape index (κ3) is 3.01. The summed E-state index contributed by atoms with van der Waals surface area (Å²) in [5.74, 6) is 0. The van der Waals surface area contributed by atoms with E-state index in [4.69, 9.17) is 16.9 Å². The van der Waals surface area contributed by atoms with Crippen LogP contribution in [0.25, 0.3) is 11.6 Å². The molecule has 2 nitrogen and oxygen atoms in total. The van der Waals surface area contributed by atoms with E-state index in [-0.39, 0.29) is 0 Å². The van der Waals surface area contributed by atoms with E-state index in [2.05, 4.69) is 6.07 Å². The van der Waals surface area contributed by atoms with Crippen LogP contribution in [0, 0.1) is 22.7 Å². The number of hydrogen-bond donors (Lipinski definition) is 0. The first-order valence-corrected chi connectivity index (χ1v) is 5.99. The molecule has 90 valence electrons. The van der Waals surface area contributed by atoms with Crippen molar-refractivity contribution in [2.45, 2.75) is 0 Å². The molecular formula is C16H9ClN2. The van der Waals surface area contributed by atoms with Gasteiger partial charge >= 0.3 is 0 Å². The Balaban J connectivity index is 2.43. The molecule has 3 heteroatoms. The first-order valence-electron chi connectivity index (χ1n) is 5.61. The van der Waals surface area contributed by atoms with Gasteiger partial charge in [-0.1, -0.05) is 41.9 Å². The highest BCUT2D eigenvalue weighted by Crippen LogP contribution is 2.22. The molecule has 2 aromatic rings. The Bertz CT molecular complexity index is 701. The van der Waals surface area contributed by atoms with E-state index in [1.165, 1.54) is 0 Å². The van der Waals surface area contributed by atoms with Crippen LogP contribution in [0.4, 0.5) is 0 Å². The molecule has 0 aromatic heterocycles. The van der Waals surface area contributed by atoms with E-state index in [1.807, 2.05) is 24.3 Å². The lowest BCUT2D eigenvalue weighted by molar-refractivity contribution is 1.47. The molecule has 0 aliphatic heterocycles. The fraction of sp³-hybridized carbons (Fsp3) is 0. The summed E-state index contributed by atoms with van der Waals surface area (Å²) in [7, 11) is 0. The van der Waals surface area contributed by atoms with E-state index in [1.54, 1.807) is 36.4 Å². The largest absolute Gasteiger partial charge is 0.192 e. The predicted molar refractivity (Wildman–Crippen MR) is 76.1 cm³/mol. The van der Waals surface area contributed by atoms with Gasteiger partial charge in [0.15, 0.2) is 0 Å². The van der Waals surface area contributed by atoms with Crippen LogP contribution in [-0.4, -0.2) is 0 Å². The normalized spacial score (nSPS) is 10.6. The van der Waals surface area contributed by atoms with Crippen LogP contribution in [0.3, 0.4) is 0 Å². The monoisotopic (exact) mass is 264 g/mol. The fourth-order valence-corrected chi connectivity index (χ4v) is 1.84. The highest BCUT2D eigenvalue weighted by Gasteiger charge is 2.03. The second-order valence-corrected chi connectivity index (χ2v) is 4.29. The summed E-state index contributed by atoms with van der Waals surface area (Å²) in [6.07, 6.45) is 1.74. The number of rotatable bonds is 2. The maximum atomic E-state index is 9.23. The Morgan fingerprint density at radius 3 is 2.26 bits per heavy atom. The highest BCUT2D eigenvalue weighted by atomic mass is 35.5. The Kier molecular flexibility index (Phi) is 3.98. The van der Waals surface area contributed by atoms with Gasteiger partial charge in [-0.2, -0.15) is 10.5 Å². The van der Waals surface area contributed by atoms with E-state index in [9.17, 15) is 5.26 Å². The average Bonchev–Trinajstić information content (AvgIpc) is 2.47. The Labute approximate surface area is 116 Å². The summed E-state index contributed by atoms with van der Waals surface area (Å²) in [5, 5.41) is 18.6. The molecule has 0 saturated carbocycles. The Morgan fingerprint density at radius 1 is 1.00 bits per heavy atom. The molecule has 0 N–H and O–H groups in total. The van der Waals surface area contributed by atoms with Crippen molar-refractivity contribution >= 4 is 23.3 Å². The van der Waals surface area contributed by atoms with Gasteiger partial charge in [0.05, 0.1) is 23.3 Å². The van der Waals surface area contributed by atoms with Crippen molar-refractivity contribution in [3.05, 3.63) is 70.2 Å². The fourth-order valence-electron chi connectivity index (χ4n) is 1.65. The minimum absolute atomic E-state index is 0.512. The molecule has 0 heterocycles. The van der Waals surface area contributed by atoms with Crippen LogP contribution < -0.4 is 0 Å². The average molecular weight is 265 g/mol. The van der Waals surface area contributed by atoms with Gasteiger partial charge in [0.25, 0.3) is 0 Å². The van der Waals surface area contributed by atoms with Gasteiger partial charge in [0.2, 0.25) is 0 Å². The van der Waals surface area contributed by atoms with Crippen molar-refractivity contribution < 1.29 is 0 Å². The van der Waals surface area contributed by atoms with Gasteiger partial charge in [0.1, 0.15) is 0 Å². The quantitative estimate of drug-likeness (QED) is 0.600. The molecule has 0 amide bonds. The molecule has 0 atom stereocenters. The molecule has 2 aromatic carbocycles. The maximum absolute atomic E-state index is 9.23. The summed E-state index contributed by atoms with van der Waals surface area (Å²) >= 11 is 6.06. The molecule has 2 rings (SSSR count). The van der Waals surface area contributed by atoms with Crippen LogP contribution in [0.1, 0.15) is 16.7 Å². The SMILES string of the molecule is N#CC(=Cc1ccccc1Cl)c1ccc(C#N)cc1. The zero-order valence-electron chi connectivity index (χ0n) is 9.97. The van der Waals surface area contributed by atoms with Crippen molar-refractivity contribution in [3.8, 4) is 12.1 Å². The van der Waals surface area contributed by atoms with E-state index in [0.717, 1.165) is 11.1 Å². The van der Waals surface area contributed by atoms with Crippen molar-refractivity contribution in [2.75, 3.05) is 0 Å². The van der Waals surface area contributed by atoms with Gasteiger partial charge < -0.3 is 0 Å². The summed E-state index contributed by atoms with van der Waals surface area (Å²) < 4.78 is 0. The summed E-state index contributed by atoms with van der Waals surface area (Å²) in [4.78, 5) is 0. The predicted octanol–water partition coefficient (Wildman–Crippen LogP) is 4.28. The van der Waals surface area contributed by atoms with Crippen LogP contribution in [0.5, 0.6) is 0 Å². The molecule has 0 fully saturated rings. The molecule has 0 aliphatic rings. The lowest BCUT2D eigenvalue weighted by atomic mass is 10.0. The Morgan fingerprint density at radius 2 is 1.68 bits per heavy atom. The molecule has 19 heavy (non-hydrogen) atoms. The minimum atomic E-state index is 0.512. The molecule has 0 unspecified atom stereocenters.